The molecule has 0 saturated heterocycles. The number of carbonyl (C=O) groups is 1. The lowest BCUT2D eigenvalue weighted by Gasteiger charge is -2.05. The molecule has 1 heterocycles. The van der Waals surface area contributed by atoms with E-state index < -0.39 is 5.63 Å². The van der Waals surface area contributed by atoms with E-state index in [1.807, 2.05) is 0 Å². The maximum atomic E-state index is 12.0. The van der Waals surface area contributed by atoms with E-state index in [2.05, 4.69) is 6.92 Å². The summed E-state index contributed by atoms with van der Waals surface area (Å²) in [7, 11) is 0. The number of ether oxygens (including phenoxy) is 1. The van der Waals surface area contributed by atoms with Crippen LogP contribution in [0.15, 0.2) is 39.5 Å². The van der Waals surface area contributed by atoms with E-state index in [4.69, 9.17) is 9.15 Å². The van der Waals surface area contributed by atoms with Crippen molar-refractivity contribution in [3.8, 4) is 5.75 Å². The second-order valence-electron chi connectivity index (χ2n) is 7.21. The van der Waals surface area contributed by atoms with E-state index in [0.29, 0.717) is 17.8 Å². The van der Waals surface area contributed by atoms with Crippen molar-refractivity contribution in [2.24, 2.45) is 0 Å². The highest BCUT2D eigenvalue weighted by molar-refractivity contribution is 5.79. The number of esters is 1. The summed E-state index contributed by atoms with van der Waals surface area (Å²) in [6.07, 6.45) is 14.2. The van der Waals surface area contributed by atoms with Crippen molar-refractivity contribution >= 4 is 16.9 Å². The third-order valence-corrected chi connectivity index (χ3v) is 4.81. The molecule has 0 saturated carbocycles. The first kappa shape index (κ1) is 21.2. The Labute approximate surface area is 161 Å². The highest BCUT2D eigenvalue weighted by atomic mass is 16.5. The molecule has 4 nitrogen and oxygen atoms in total. The Balaban J connectivity index is 1.55. The lowest BCUT2D eigenvalue weighted by Crippen LogP contribution is -2.07. The van der Waals surface area contributed by atoms with Gasteiger partial charge in [0.1, 0.15) is 11.3 Å². The van der Waals surface area contributed by atoms with Crippen LogP contribution < -0.4 is 10.4 Å². The van der Waals surface area contributed by atoms with Gasteiger partial charge in [-0.25, -0.2) is 4.79 Å². The summed E-state index contributed by atoms with van der Waals surface area (Å²) in [6, 6.07) is 8.16. The molecule has 148 valence electrons. The fourth-order valence-corrected chi connectivity index (χ4v) is 3.22. The minimum Gasteiger partial charge on any atom is -0.426 e. The predicted octanol–water partition coefficient (Wildman–Crippen LogP) is 6.40. The summed E-state index contributed by atoms with van der Waals surface area (Å²) in [5.41, 5.74) is 0.0226. The van der Waals surface area contributed by atoms with Crippen LogP contribution in [0.2, 0.25) is 0 Å². The quantitative estimate of drug-likeness (QED) is 0.177. The van der Waals surface area contributed by atoms with Gasteiger partial charge < -0.3 is 9.15 Å². The molecule has 4 heteroatoms. The van der Waals surface area contributed by atoms with Crippen LogP contribution in [0.5, 0.6) is 5.75 Å². The van der Waals surface area contributed by atoms with Crippen molar-refractivity contribution in [1.29, 1.82) is 0 Å². The molecule has 1 aromatic heterocycles. The second-order valence-corrected chi connectivity index (χ2v) is 7.21. The van der Waals surface area contributed by atoms with Crippen molar-refractivity contribution in [3.05, 3.63) is 40.8 Å². The topological polar surface area (TPSA) is 56.5 Å². The average molecular weight is 373 g/mol. The third-order valence-electron chi connectivity index (χ3n) is 4.81. The van der Waals surface area contributed by atoms with Crippen molar-refractivity contribution in [3.63, 3.8) is 0 Å². The Hall–Kier alpha value is -2.10. The van der Waals surface area contributed by atoms with Gasteiger partial charge in [-0.15, -0.1) is 0 Å². The van der Waals surface area contributed by atoms with Crippen LogP contribution in [0.1, 0.15) is 84.0 Å². The van der Waals surface area contributed by atoms with Crippen LogP contribution in [0, 0.1) is 0 Å². The highest BCUT2D eigenvalue weighted by Crippen LogP contribution is 2.20. The van der Waals surface area contributed by atoms with Crippen LogP contribution in [-0.2, 0) is 4.79 Å². The van der Waals surface area contributed by atoms with E-state index in [9.17, 15) is 9.59 Å². The first-order valence-corrected chi connectivity index (χ1v) is 10.4. The highest BCUT2D eigenvalue weighted by Gasteiger charge is 2.06. The molecule has 0 spiro atoms. The van der Waals surface area contributed by atoms with E-state index in [1.54, 1.807) is 24.3 Å². The van der Waals surface area contributed by atoms with Crippen molar-refractivity contribution in [1.82, 2.24) is 0 Å². The lowest BCUT2D eigenvalue weighted by atomic mass is 10.1. The predicted molar refractivity (Wildman–Crippen MR) is 109 cm³/mol. The van der Waals surface area contributed by atoms with Gasteiger partial charge in [-0.1, -0.05) is 71.1 Å². The molecular weight excluding hydrogens is 340 g/mol. The van der Waals surface area contributed by atoms with Gasteiger partial charge in [0.05, 0.1) is 0 Å². The first-order valence-electron chi connectivity index (χ1n) is 10.4. The van der Waals surface area contributed by atoms with Crippen molar-refractivity contribution in [2.75, 3.05) is 0 Å². The van der Waals surface area contributed by atoms with Crippen LogP contribution in [0.3, 0.4) is 0 Å². The molecule has 0 atom stereocenters. The first-order chi connectivity index (χ1) is 13.2. The molecular formula is C23H32O4. The van der Waals surface area contributed by atoms with Crippen LogP contribution in [0.25, 0.3) is 11.0 Å². The molecule has 0 bridgehead atoms. The Morgan fingerprint density at radius 1 is 0.852 bits per heavy atom. The summed E-state index contributed by atoms with van der Waals surface area (Å²) in [5, 5.41) is 0.805. The van der Waals surface area contributed by atoms with Gasteiger partial charge >= 0.3 is 11.6 Å². The number of rotatable bonds is 13. The van der Waals surface area contributed by atoms with E-state index in [1.165, 1.54) is 63.9 Å². The fraction of sp³-hybridized carbons (Fsp3) is 0.565. The maximum absolute atomic E-state index is 12.0. The normalized spacial score (nSPS) is 11.0. The Morgan fingerprint density at radius 3 is 2.11 bits per heavy atom. The molecule has 2 aromatic rings. The molecule has 2 rings (SSSR count). The van der Waals surface area contributed by atoms with Crippen molar-refractivity contribution in [2.45, 2.75) is 84.0 Å². The molecule has 0 aliphatic rings. The van der Waals surface area contributed by atoms with Crippen LogP contribution in [0.4, 0.5) is 0 Å². The molecule has 27 heavy (non-hydrogen) atoms. The number of hydrogen-bond donors (Lipinski definition) is 0. The van der Waals surface area contributed by atoms with Gasteiger partial charge in [0.25, 0.3) is 0 Å². The monoisotopic (exact) mass is 372 g/mol. The lowest BCUT2D eigenvalue weighted by molar-refractivity contribution is -0.134. The molecule has 0 amide bonds. The van der Waals surface area contributed by atoms with Crippen molar-refractivity contribution < 1.29 is 13.9 Å². The summed E-state index contributed by atoms with van der Waals surface area (Å²) < 4.78 is 10.5. The summed E-state index contributed by atoms with van der Waals surface area (Å²) in [4.78, 5) is 23.2. The Bertz CT molecular complexity index is 747. The Morgan fingerprint density at radius 2 is 1.44 bits per heavy atom. The van der Waals surface area contributed by atoms with Gasteiger partial charge in [-0.2, -0.15) is 0 Å². The summed E-state index contributed by atoms with van der Waals surface area (Å²) in [6.45, 7) is 2.25. The van der Waals surface area contributed by atoms with Gasteiger partial charge in [0.15, 0.2) is 0 Å². The van der Waals surface area contributed by atoms with Gasteiger partial charge in [0.2, 0.25) is 0 Å². The average Bonchev–Trinajstić information content (AvgIpc) is 2.65. The number of hydrogen-bond acceptors (Lipinski definition) is 4. The zero-order chi connectivity index (χ0) is 19.3. The molecule has 0 radical (unpaired) electrons. The van der Waals surface area contributed by atoms with E-state index in [-0.39, 0.29) is 5.97 Å². The second kappa shape index (κ2) is 12.3. The number of unbranched alkanes of at least 4 members (excludes halogenated alkanes) is 10. The summed E-state index contributed by atoms with van der Waals surface area (Å²) >= 11 is 0. The number of benzene rings is 1. The number of carbonyl (C=O) groups excluding carboxylic acids is 1. The van der Waals surface area contributed by atoms with Crippen LogP contribution in [-0.4, -0.2) is 5.97 Å². The maximum Gasteiger partial charge on any atom is 0.336 e. The van der Waals surface area contributed by atoms with Gasteiger partial charge in [-0.05, 0) is 24.6 Å². The third kappa shape index (κ3) is 8.42. The smallest absolute Gasteiger partial charge is 0.336 e. The minimum atomic E-state index is -0.410. The zero-order valence-electron chi connectivity index (χ0n) is 16.5. The molecule has 0 fully saturated rings. The number of fused-ring (bicyclic) bond motifs is 1. The molecule has 0 unspecified atom stereocenters. The molecule has 0 N–H and O–H groups in total. The molecule has 0 aliphatic heterocycles. The molecule has 0 aliphatic carbocycles. The van der Waals surface area contributed by atoms with E-state index >= 15 is 0 Å². The fourth-order valence-electron chi connectivity index (χ4n) is 3.22. The van der Waals surface area contributed by atoms with Gasteiger partial charge in [-0.3, -0.25) is 4.79 Å². The van der Waals surface area contributed by atoms with E-state index in [0.717, 1.165) is 18.2 Å². The zero-order valence-corrected chi connectivity index (χ0v) is 16.5. The van der Waals surface area contributed by atoms with Crippen LogP contribution >= 0.6 is 0 Å². The SMILES string of the molecule is CCCCCCCCCCCCCC(=O)Oc1ccc2ccc(=O)oc2c1. The largest absolute Gasteiger partial charge is 0.426 e. The minimum absolute atomic E-state index is 0.233. The van der Waals surface area contributed by atoms with Gasteiger partial charge in [0, 0.05) is 23.9 Å². The molecule has 1 aromatic carbocycles. The Kier molecular flexibility index (Phi) is 9.67. The summed E-state index contributed by atoms with van der Waals surface area (Å²) in [5.74, 6) is 0.188. The standard InChI is InChI=1S/C23H32O4/c1-2-3-4-5-6-7-8-9-10-11-12-13-22(24)26-20-16-14-19-15-17-23(25)27-21(19)18-20/h14-18H,2-13H2,1H3.